The van der Waals surface area contributed by atoms with Crippen molar-refractivity contribution < 1.29 is 0 Å². The van der Waals surface area contributed by atoms with Gasteiger partial charge in [-0.3, -0.25) is 0 Å². The Labute approximate surface area is 102 Å². The largest absolute Gasteiger partial charge is 0.358 e. The first-order valence-corrected chi connectivity index (χ1v) is 6.09. The Morgan fingerprint density at radius 1 is 1.29 bits per heavy atom. The van der Waals surface area contributed by atoms with Crippen LogP contribution in [0.15, 0.2) is 24.3 Å². The number of H-pyrrole nitrogens is 1. The monoisotopic (exact) mass is 226 g/mol. The molecule has 2 nitrogen and oxygen atoms in total. The molecule has 1 unspecified atom stereocenters. The highest BCUT2D eigenvalue weighted by Gasteiger charge is 2.17. The van der Waals surface area contributed by atoms with Crippen molar-refractivity contribution in [2.24, 2.45) is 11.8 Å². The standard InChI is InChI=1S/C15H18N2/c1-10(2)12(9-16)8-14-11(3)17-15-7-5-4-6-13(14)15/h4-7,10,12,17H,8H2,1-3H3. The van der Waals surface area contributed by atoms with Gasteiger partial charge in [0.05, 0.1) is 12.0 Å². The second-order valence-electron chi connectivity index (χ2n) is 4.96. The maximum Gasteiger partial charge on any atom is 0.0661 e. The van der Waals surface area contributed by atoms with Crippen LogP contribution in [0, 0.1) is 30.1 Å². The zero-order chi connectivity index (χ0) is 12.4. The van der Waals surface area contributed by atoms with E-state index in [1.165, 1.54) is 22.2 Å². The van der Waals surface area contributed by atoms with Crippen LogP contribution in [0.1, 0.15) is 25.1 Å². The van der Waals surface area contributed by atoms with Crippen LogP contribution < -0.4 is 0 Å². The zero-order valence-corrected chi connectivity index (χ0v) is 10.6. The highest BCUT2D eigenvalue weighted by atomic mass is 14.7. The van der Waals surface area contributed by atoms with Crippen molar-refractivity contribution in [1.82, 2.24) is 4.98 Å². The van der Waals surface area contributed by atoms with Gasteiger partial charge in [0.2, 0.25) is 0 Å². The molecule has 88 valence electrons. The Morgan fingerprint density at radius 3 is 2.65 bits per heavy atom. The average Bonchev–Trinajstić information content (AvgIpc) is 2.61. The van der Waals surface area contributed by atoms with E-state index in [9.17, 15) is 5.26 Å². The molecular weight excluding hydrogens is 208 g/mol. The number of nitrogens with zero attached hydrogens (tertiary/aromatic N) is 1. The average molecular weight is 226 g/mol. The van der Waals surface area contributed by atoms with Crippen molar-refractivity contribution in [3.8, 4) is 6.07 Å². The Hall–Kier alpha value is -1.75. The van der Waals surface area contributed by atoms with Gasteiger partial charge in [-0.1, -0.05) is 32.0 Å². The molecule has 1 atom stereocenters. The molecule has 2 heteroatoms. The van der Waals surface area contributed by atoms with Gasteiger partial charge in [-0.2, -0.15) is 5.26 Å². The first-order chi connectivity index (χ1) is 8.13. The van der Waals surface area contributed by atoms with Crippen LogP contribution in [0.5, 0.6) is 0 Å². The van der Waals surface area contributed by atoms with Crippen molar-refractivity contribution in [3.05, 3.63) is 35.5 Å². The lowest BCUT2D eigenvalue weighted by atomic mass is 9.89. The number of hydrogen-bond donors (Lipinski definition) is 1. The summed E-state index contributed by atoms with van der Waals surface area (Å²) >= 11 is 0. The number of rotatable bonds is 3. The molecule has 0 aliphatic carbocycles. The fourth-order valence-corrected chi connectivity index (χ4v) is 2.25. The molecule has 1 heterocycles. The number of nitriles is 1. The van der Waals surface area contributed by atoms with Crippen molar-refractivity contribution >= 4 is 10.9 Å². The molecule has 0 bridgehead atoms. The molecule has 0 spiro atoms. The number of para-hydroxylation sites is 1. The highest BCUT2D eigenvalue weighted by molar-refractivity contribution is 5.84. The Balaban J connectivity index is 2.42. The predicted octanol–water partition coefficient (Wildman–Crippen LogP) is 3.81. The zero-order valence-electron chi connectivity index (χ0n) is 10.6. The summed E-state index contributed by atoms with van der Waals surface area (Å²) in [6.45, 7) is 6.31. The number of aromatic amines is 1. The molecule has 1 aromatic carbocycles. The number of fused-ring (bicyclic) bond motifs is 1. The molecule has 0 aliphatic heterocycles. The summed E-state index contributed by atoms with van der Waals surface area (Å²) in [7, 11) is 0. The Bertz CT molecular complexity index is 558. The molecule has 0 fully saturated rings. The first kappa shape index (κ1) is 11.7. The molecule has 1 aromatic heterocycles. The van der Waals surface area contributed by atoms with Crippen molar-refractivity contribution in [1.29, 1.82) is 5.26 Å². The molecule has 0 aliphatic rings. The van der Waals surface area contributed by atoms with Gasteiger partial charge < -0.3 is 4.98 Å². The lowest BCUT2D eigenvalue weighted by molar-refractivity contribution is 0.474. The van der Waals surface area contributed by atoms with E-state index in [0.717, 1.165) is 6.42 Å². The van der Waals surface area contributed by atoms with Crippen molar-refractivity contribution in [2.45, 2.75) is 27.2 Å². The second kappa shape index (κ2) is 4.63. The van der Waals surface area contributed by atoms with Crippen LogP contribution in [0.3, 0.4) is 0 Å². The quantitative estimate of drug-likeness (QED) is 0.849. The van der Waals surface area contributed by atoms with Gasteiger partial charge >= 0.3 is 0 Å². The van der Waals surface area contributed by atoms with E-state index in [4.69, 9.17) is 0 Å². The summed E-state index contributed by atoms with van der Waals surface area (Å²) in [5.74, 6) is 0.487. The first-order valence-electron chi connectivity index (χ1n) is 6.09. The lowest BCUT2D eigenvalue weighted by Gasteiger charge is -2.12. The number of hydrogen-bond acceptors (Lipinski definition) is 1. The van der Waals surface area contributed by atoms with Gasteiger partial charge in [0, 0.05) is 16.6 Å². The van der Waals surface area contributed by atoms with E-state index in [-0.39, 0.29) is 5.92 Å². The van der Waals surface area contributed by atoms with Gasteiger partial charge in [0.1, 0.15) is 0 Å². The minimum atomic E-state index is 0.0907. The molecule has 0 amide bonds. The number of aryl methyl sites for hydroxylation is 1. The summed E-state index contributed by atoms with van der Waals surface area (Å²) < 4.78 is 0. The van der Waals surface area contributed by atoms with Crippen LogP contribution in [-0.4, -0.2) is 4.98 Å². The van der Waals surface area contributed by atoms with Gasteiger partial charge in [-0.15, -0.1) is 0 Å². The van der Waals surface area contributed by atoms with E-state index in [1.54, 1.807) is 0 Å². The van der Waals surface area contributed by atoms with E-state index in [0.29, 0.717) is 5.92 Å². The molecular formula is C15H18N2. The minimum absolute atomic E-state index is 0.0907. The molecule has 17 heavy (non-hydrogen) atoms. The fraction of sp³-hybridized carbons (Fsp3) is 0.400. The molecule has 2 aromatic rings. The topological polar surface area (TPSA) is 39.6 Å². The van der Waals surface area contributed by atoms with Gasteiger partial charge in [0.15, 0.2) is 0 Å². The Kier molecular flexibility index (Phi) is 3.19. The summed E-state index contributed by atoms with van der Waals surface area (Å²) in [6, 6.07) is 10.7. The van der Waals surface area contributed by atoms with Crippen LogP contribution in [-0.2, 0) is 6.42 Å². The molecule has 0 saturated carbocycles. The smallest absolute Gasteiger partial charge is 0.0661 e. The third-order valence-electron chi connectivity index (χ3n) is 3.42. The summed E-state index contributed by atoms with van der Waals surface area (Å²) in [5.41, 5.74) is 3.65. The third-order valence-corrected chi connectivity index (χ3v) is 3.42. The van der Waals surface area contributed by atoms with E-state index >= 15 is 0 Å². The molecule has 0 radical (unpaired) electrons. The maximum atomic E-state index is 9.20. The van der Waals surface area contributed by atoms with Crippen LogP contribution in [0.25, 0.3) is 10.9 Å². The SMILES string of the molecule is Cc1[nH]c2ccccc2c1CC(C#N)C(C)C. The Morgan fingerprint density at radius 2 is 2.00 bits per heavy atom. The van der Waals surface area contributed by atoms with Gasteiger partial charge in [0.25, 0.3) is 0 Å². The normalized spacial score (nSPS) is 12.9. The number of benzene rings is 1. The predicted molar refractivity (Wildman–Crippen MR) is 70.7 cm³/mol. The highest BCUT2D eigenvalue weighted by Crippen LogP contribution is 2.26. The molecule has 1 N–H and O–H groups in total. The summed E-state index contributed by atoms with van der Waals surface area (Å²) in [6.07, 6.45) is 0.837. The molecule has 0 saturated heterocycles. The number of nitrogens with one attached hydrogen (secondary N) is 1. The van der Waals surface area contributed by atoms with Crippen molar-refractivity contribution in [3.63, 3.8) is 0 Å². The van der Waals surface area contributed by atoms with Crippen LogP contribution in [0.4, 0.5) is 0 Å². The second-order valence-corrected chi connectivity index (χ2v) is 4.96. The summed E-state index contributed by atoms with van der Waals surface area (Å²) in [5, 5.41) is 10.5. The fourth-order valence-electron chi connectivity index (χ4n) is 2.25. The minimum Gasteiger partial charge on any atom is -0.358 e. The molecule has 2 rings (SSSR count). The third kappa shape index (κ3) is 2.19. The van der Waals surface area contributed by atoms with E-state index in [1.807, 2.05) is 6.07 Å². The number of aromatic nitrogens is 1. The lowest BCUT2D eigenvalue weighted by Crippen LogP contribution is -2.09. The van der Waals surface area contributed by atoms with Crippen LogP contribution >= 0.6 is 0 Å². The van der Waals surface area contributed by atoms with E-state index in [2.05, 4.69) is 50.0 Å². The summed E-state index contributed by atoms with van der Waals surface area (Å²) in [4.78, 5) is 3.39. The van der Waals surface area contributed by atoms with Gasteiger partial charge in [-0.05, 0) is 30.9 Å². The van der Waals surface area contributed by atoms with Gasteiger partial charge in [-0.25, -0.2) is 0 Å². The van der Waals surface area contributed by atoms with Crippen molar-refractivity contribution in [2.75, 3.05) is 0 Å². The maximum absolute atomic E-state index is 9.20. The van der Waals surface area contributed by atoms with Crippen LogP contribution in [0.2, 0.25) is 0 Å². The van der Waals surface area contributed by atoms with E-state index < -0.39 is 0 Å².